The van der Waals surface area contributed by atoms with E-state index >= 15 is 0 Å². The SMILES string of the molecule is CS(=O)(=O)c1ccc(N(Cc2ccc(-c3noc(C(F)(F)F)n3)s2)c2cnccn2)nn1. The summed E-state index contributed by atoms with van der Waals surface area (Å²) in [6.45, 7) is 0.195. The third-order valence-corrected chi connectivity index (χ3v) is 6.02. The zero-order chi connectivity index (χ0) is 22.9. The van der Waals surface area contributed by atoms with Crippen LogP contribution in [-0.4, -0.2) is 45.0 Å². The lowest BCUT2D eigenvalue weighted by atomic mass is 10.3. The van der Waals surface area contributed by atoms with Crippen LogP contribution in [0.2, 0.25) is 0 Å². The van der Waals surface area contributed by atoms with Crippen LogP contribution in [0.15, 0.2) is 52.4 Å². The summed E-state index contributed by atoms with van der Waals surface area (Å²) in [6, 6.07) is 6.05. The fourth-order valence-electron chi connectivity index (χ4n) is 2.54. The molecule has 4 aromatic rings. The van der Waals surface area contributed by atoms with Gasteiger partial charge in [-0.15, -0.1) is 21.5 Å². The highest BCUT2D eigenvalue weighted by Crippen LogP contribution is 2.33. The van der Waals surface area contributed by atoms with Crippen LogP contribution in [0.25, 0.3) is 10.7 Å². The van der Waals surface area contributed by atoms with Crippen molar-refractivity contribution in [2.75, 3.05) is 11.2 Å². The van der Waals surface area contributed by atoms with Gasteiger partial charge in [-0.2, -0.15) is 18.2 Å². The lowest BCUT2D eigenvalue weighted by Crippen LogP contribution is -2.19. The summed E-state index contributed by atoms with van der Waals surface area (Å²) in [4.78, 5) is 14.3. The molecule has 0 aliphatic rings. The van der Waals surface area contributed by atoms with E-state index in [1.165, 1.54) is 30.7 Å². The second kappa shape index (κ2) is 8.23. The van der Waals surface area contributed by atoms with Crippen molar-refractivity contribution < 1.29 is 26.1 Å². The first-order chi connectivity index (χ1) is 15.1. The van der Waals surface area contributed by atoms with Crippen molar-refractivity contribution in [3.63, 3.8) is 0 Å². The zero-order valence-electron chi connectivity index (χ0n) is 16.1. The number of halogens is 3. The van der Waals surface area contributed by atoms with E-state index in [0.717, 1.165) is 17.6 Å². The topological polar surface area (TPSA) is 128 Å². The average molecular weight is 483 g/mol. The lowest BCUT2D eigenvalue weighted by Gasteiger charge is -2.21. The molecule has 0 saturated heterocycles. The number of sulfone groups is 1. The Kier molecular flexibility index (Phi) is 5.60. The minimum atomic E-state index is -4.73. The standard InChI is InChI=1S/C17H12F3N7O3S2/c1-32(28,29)14-5-4-12(24-25-14)27(13-8-21-6-7-22-13)9-10-2-3-11(31-10)15-23-16(30-26-15)17(18,19)20/h2-8H,9H2,1H3. The maximum Gasteiger partial charge on any atom is 0.471 e. The van der Waals surface area contributed by atoms with E-state index in [1.54, 1.807) is 17.0 Å². The molecule has 4 heterocycles. The Morgan fingerprint density at radius 2 is 1.91 bits per heavy atom. The highest BCUT2D eigenvalue weighted by Gasteiger charge is 2.38. The van der Waals surface area contributed by atoms with E-state index < -0.39 is 21.9 Å². The minimum absolute atomic E-state index is 0.183. The van der Waals surface area contributed by atoms with E-state index in [4.69, 9.17) is 0 Å². The van der Waals surface area contributed by atoms with E-state index in [-0.39, 0.29) is 17.4 Å². The van der Waals surface area contributed by atoms with E-state index in [9.17, 15) is 21.6 Å². The van der Waals surface area contributed by atoms with Crippen molar-refractivity contribution in [1.29, 1.82) is 0 Å². The smallest absolute Gasteiger partial charge is 0.329 e. The molecular weight excluding hydrogens is 471 g/mol. The highest BCUT2D eigenvalue weighted by atomic mass is 32.2. The van der Waals surface area contributed by atoms with Crippen LogP contribution in [0, 0.1) is 0 Å². The molecule has 0 aromatic carbocycles. The number of aromatic nitrogens is 6. The van der Waals surface area contributed by atoms with Gasteiger partial charge in [-0.1, -0.05) is 5.16 Å². The monoisotopic (exact) mass is 483 g/mol. The van der Waals surface area contributed by atoms with Crippen molar-refractivity contribution in [2.45, 2.75) is 17.7 Å². The third-order valence-electron chi connectivity index (χ3n) is 3.97. The average Bonchev–Trinajstić information content (AvgIpc) is 3.41. The Morgan fingerprint density at radius 1 is 1.09 bits per heavy atom. The largest absolute Gasteiger partial charge is 0.471 e. The molecule has 0 saturated carbocycles. The molecule has 32 heavy (non-hydrogen) atoms. The van der Waals surface area contributed by atoms with Gasteiger partial charge in [0.15, 0.2) is 26.5 Å². The van der Waals surface area contributed by atoms with E-state index in [1.807, 2.05) is 0 Å². The Morgan fingerprint density at radius 3 is 2.50 bits per heavy atom. The van der Waals surface area contributed by atoms with Gasteiger partial charge >= 0.3 is 12.1 Å². The summed E-state index contributed by atoms with van der Waals surface area (Å²) in [5.74, 6) is -0.906. The predicted molar refractivity (Wildman–Crippen MR) is 106 cm³/mol. The highest BCUT2D eigenvalue weighted by molar-refractivity contribution is 7.90. The summed E-state index contributed by atoms with van der Waals surface area (Å²) in [5.41, 5.74) is 0. The second-order valence-electron chi connectivity index (χ2n) is 6.34. The molecule has 10 nitrogen and oxygen atoms in total. The number of alkyl halides is 3. The quantitative estimate of drug-likeness (QED) is 0.403. The molecule has 0 radical (unpaired) electrons. The number of hydrogen-bond acceptors (Lipinski definition) is 11. The summed E-state index contributed by atoms with van der Waals surface area (Å²) in [5, 5.41) is 10.9. The van der Waals surface area contributed by atoms with Crippen molar-refractivity contribution in [2.24, 2.45) is 0 Å². The Hall–Kier alpha value is -3.46. The van der Waals surface area contributed by atoms with Gasteiger partial charge < -0.3 is 9.42 Å². The molecule has 0 fully saturated rings. The first-order valence-electron chi connectivity index (χ1n) is 8.68. The normalized spacial score (nSPS) is 12.1. The Balaban J connectivity index is 1.64. The predicted octanol–water partition coefficient (Wildman–Crippen LogP) is 3.14. The molecule has 0 amide bonds. The fraction of sp³-hybridized carbons (Fsp3) is 0.176. The third kappa shape index (κ3) is 4.72. The van der Waals surface area contributed by atoms with Crippen LogP contribution in [0.1, 0.15) is 10.8 Å². The summed E-state index contributed by atoms with van der Waals surface area (Å²) >= 11 is 1.15. The van der Waals surface area contributed by atoms with Gasteiger partial charge in [0.05, 0.1) is 17.6 Å². The summed E-state index contributed by atoms with van der Waals surface area (Å²) < 4.78 is 65.7. The first-order valence-corrected chi connectivity index (χ1v) is 11.4. The maximum atomic E-state index is 12.7. The van der Waals surface area contributed by atoms with Crippen LogP contribution in [0.4, 0.5) is 24.8 Å². The Labute approximate surface area is 182 Å². The number of hydrogen-bond donors (Lipinski definition) is 0. The number of rotatable bonds is 6. The van der Waals surface area contributed by atoms with Gasteiger partial charge in [0.2, 0.25) is 5.82 Å². The first kappa shape index (κ1) is 21.8. The van der Waals surface area contributed by atoms with Crippen molar-refractivity contribution in [1.82, 2.24) is 30.3 Å². The molecule has 0 N–H and O–H groups in total. The van der Waals surface area contributed by atoms with E-state index in [0.29, 0.717) is 21.4 Å². The molecule has 4 rings (SSSR count). The number of nitrogens with zero attached hydrogens (tertiary/aromatic N) is 7. The lowest BCUT2D eigenvalue weighted by molar-refractivity contribution is -0.159. The molecular formula is C17H12F3N7O3S2. The number of thiophene rings is 1. The number of anilines is 2. The van der Waals surface area contributed by atoms with Gasteiger partial charge in [-0.05, 0) is 24.3 Å². The fourth-order valence-corrected chi connectivity index (χ4v) is 3.97. The van der Waals surface area contributed by atoms with Crippen LogP contribution < -0.4 is 4.90 Å². The molecule has 15 heteroatoms. The van der Waals surface area contributed by atoms with Crippen molar-refractivity contribution in [3.05, 3.63) is 53.6 Å². The van der Waals surface area contributed by atoms with Gasteiger partial charge in [0, 0.05) is 23.5 Å². The molecule has 0 aliphatic carbocycles. The van der Waals surface area contributed by atoms with Crippen LogP contribution in [0.5, 0.6) is 0 Å². The van der Waals surface area contributed by atoms with E-state index in [2.05, 4.69) is 34.8 Å². The molecule has 0 spiro atoms. The second-order valence-corrected chi connectivity index (χ2v) is 9.47. The molecule has 0 atom stereocenters. The Bertz CT molecular complexity index is 1320. The van der Waals surface area contributed by atoms with Crippen LogP contribution in [-0.2, 0) is 22.6 Å². The summed E-state index contributed by atoms with van der Waals surface area (Å²) in [7, 11) is -3.53. The molecule has 0 bridgehead atoms. The van der Waals surface area contributed by atoms with Gasteiger partial charge in [-0.3, -0.25) is 4.98 Å². The van der Waals surface area contributed by atoms with Gasteiger partial charge in [0.25, 0.3) is 0 Å². The maximum absolute atomic E-state index is 12.7. The van der Waals surface area contributed by atoms with Crippen molar-refractivity contribution in [3.8, 4) is 10.7 Å². The molecule has 4 aromatic heterocycles. The van der Waals surface area contributed by atoms with Crippen molar-refractivity contribution >= 4 is 32.8 Å². The molecule has 0 unspecified atom stereocenters. The zero-order valence-corrected chi connectivity index (χ0v) is 17.7. The van der Waals surface area contributed by atoms with Crippen LogP contribution >= 0.6 is 11.3 Å². The van der Waals surface area contributed by atoms with Gasteiger partial charge in [0.1, 0.15) is 0 Å². The molecule has 166 valence electrons. The molecule has 0 aliphatic heterocycles. The van der Waals surface area contributed by atoms with Crippen LogP contribution in [0.3, 0.4) is 0 Å². The minimum Gasteiger partial charge on any atom is -0.329 e. The van der Waals surface area contributed by atoms with Gasteiger partial charge in [-0.25, -0.2) is 13.4 Å². The summed E-state index contributed by atoms with van der Waals surface area (Å²) in [6.07, 6.45) is 0.725.